The molecule has 9 unspecified atom stereocenters. The summed E-state index contributed by atoms with van der Waals surface area (Å²) in [6.07, 6.45) is 8.69. The predicted molar refractivity (Wildman–Crippen MR) is 122 cm³/mol. The van der Waals surface area contributed by atoms with Crippen LogP contribution in [-0.2, 0) is 0 Å². The van der Waals surface area contributed by atoms with Gasteiger partial charge < -0.3 is 5.11 Å². The molecular formula is C27H47F3O. The van der Waals surface area contributed by atoms with Crippen molar-refractivity contribution in [3.63, 3.8) is 0 Å². The minimum absolute atomic E-state index is 0.0894. The molecule has 1 N–H and O–H groups in total. The van der Waals surface area contributed by atoms with Crippen molar-refractivity contribution in [1.82, 2.24) is 0 Å². The molecule has 4 heteroatoms. The Morgan fingerprint density at radius 3 is 2.23 bits per heavy atom. The van der Waals surface area contributed by atoms with E-state index in [1.165, 1.54) is 51.9 Å². The minimum Gasteiger partial charge on any atom is -0.393 e. The largest absolute Gasteiger partial charge is 0.393 e. The molecule has 0 bridgehead atoms. The van der Waals surface area contributed by atoms with Gasteiger partial charge in [-0.25, -0.2) is 0 Å². The first-order valence-corrected chi connectivity index (χ1v) is 13.3. The number of fused-ring (bicyclic) bond motifs is 5. The highest BCUT2D eigenvalue weighted by atomic mass is 19.4. The Labute approximate surface area is 189 Å². The average molecular weight is 445 g/mol. The number of halogens is 3. The van der Waals surface area contributed by atoms with E-state index in [4.69, 9.17) is 0 Å². The lowest BCUT2D eigenvalue weighted by Gasteiger charge is -2.61. The first-order chi connectivity index (χ1) is 14.6. The lowest BCUT2D eigenvalue weighted by Crippen LogP contribution is -2.53. The molecule has 0 spiro atoms. The average Bonchev–Trinajstić information content (AvgIpc) is 3.06. The molecule has 0 aromatic heterocycles. The van der Waals surface area contributed by atoms with Gasteiger partial charge in [0, 0.05) is 0 Å². The fraction of sp³-hybridized carbons (Fsp3) is 1.00. The van der Waals surface area contributed by atoms with E-state index in [0.29, 0.717) is 22.7 Å². The number of hydrogen-bond donors (Lipinski definition) is 1. The van der Waals surface area contributed by atoms with Crippen molar-refractivity contribution in [3.8, 4) is 0 Å². The zero-order valence-electron chi connectivity index (χ0n) is 20.6. The lowest BCUT2D eigenvalue weighted by molar-refractivity contribution is -0.171. The summed E-state index contributed by atoms with van der Waals surface area (Å²) >= 11 is 0. The molecule has 0 aromatic rings. The molecule has 0 radical (unpaired) electrons. The third-order valence-corrected chi connectivity index (χ3v) is 10.6. The van der Waals surface area contributed by atoms with E-state index >= 15 is 0 Å². The van der Waals surface area contributed by atoms with Gasteiger partial charge in [0.2, 0.25) is 0 Å². The highest BCUT2D eigenvalue weighted by molar-refractivity contribution is 5.09. The number of aliphatic hydroxyl groups excluding tert-OH is 1. The summed E-state index contributed by atoms with van der Waals surface area (Å²) in [5.41, 5.74) is 0.754. The smallest absolute Gasteiger partial charge is 0.391 e. The second kappa shape index (κ2) is 9.55. The monoisotopic (exact) mass is 444 g/mol. The van der Waals surface area contributed by atoms with E-state index < -0.39 is 12.1 Å². The van der Waals surface area contributed by atoms with Crippen LogP contribution in [0.15, 0.2) is 0 Å². The van der Waals surface area contributed by atoms with Crippen molar-refractivity contribution in [2.45, 2.75) is 124 Å². The molecule has 0 aliphatic heterocycles. The van der Waals surface area contributed by atoms with Gasteiger partial charge in [-0.1, -0.05) is 41.0 Å². The maximum absolute atomic E-state index is 12.9. The molecule has 9 atom stereocenters. The standard InChI is InChI=1S/C25H41F3O.C2H6/c1-16(25(26,27)28)5-4-6-17-8-10-21-20-9-7-18-15-19(29)11-13-24(18,3)22(20)12-14-23(17,21)2;1-2/h16-22,29H,4-15H2,1-3H3;1-2H3. The first-order valence-electron chi connectivity index (χ1n) is 13.3. The lowest BCUT2D eigenvalue weighted by atomic mass is 9.44. The van der Waals surface area contributed by atoms with Gasteiger partial charge in [-0.15, -0.1) is 0 Å². The van der Waals surface area contributed by atoms with Crippen molar-refractivity contribution in [2.24, 2.45) is 46.3 Å². The molecule has 1 nitrogen and oxygen atoms in total. The van der Waals surface area contributed by atoms with Gasteiger partial charge in [-0.05, 0) is 111 Å². The third-order valence-electron chi connectivity index (χ3n) is 10.6. The molecule has 0 aromatic carbocycles. The first kappa shape index (κ1) is 25.4. The number of rotatable bonds is 4. The van der Waals surface area contributed by atoms with Crippen LogP contribution in [0.4, 0.5) is 13.2 Å². The fourth-order valence-corrected chi connectivity index (χ4v) is 8.65. The minimum atomic E-state index is -4.04. The molecule has 4 saturated carbocycles. The summed E-state index contributed by atoms with van der Waals surface area (Å²) in [4.78, 5) is 0. The molecule has 4 fully saturated rings. The maximum Gasteiger partial charge on any atom is 0.391 e. The van der Waals surface area contributed by atoms with E-state index in [1.807, 2.05) is 13.8 Å². The van der Waals surface area contributed by atoms with Crippen LogP contribution in [-0.4, -0.2) is 17.4 Å². The molecule has 4 aliphatic rings. The molecule has 0 saturated heterocycles. The highest BCUT2D eigenvalue weighted by Gasteiger charge is 2.59. The molecule has 0 heterocycles. The quantitative estimate of drug-likeness (QED) is 0.461. The summed E-state index contributed by atoms with van der Waals surface area (Å²) in [6, 6.07) is 0. The highest BCUT2D eigenvalue weighted by Crippen LogP contribution is 2.67. The van der Waals surface area contributed by atoms with E-state index in [2.05, 4.69) is 13.8 Å². The SMILES string of the molecule is CC.CC(CCCC1CCC2C3CCC4CC(O)CCC4(C)C3CCC12C)C(F)(F)F. The second-order valence-corrected chi connectivity index (χ2v) is 11.8. The van der Waals surface area contributed by atoms with Gasteiger partial charge >= 0.3 is 6.18 Å². The van der Waals surface area contributed by atoms with Gasteiger partial charge in [0.1, 0.15) is 0 Å². The Morgan fingerprint density at radius 1 is 0.903 bits per heavy atom. The molecule has 31 heavy (non-hydrogen) atoms. The van der Waals surface area contributed by atoms with Crippen LogP contribution in [0.2, 0.25) is 0 Å². The van der Waals surface area contributed by atoms with E-state index in [-0.39, 0.29) is 12.5 Å². The summed E-state index contributed by atoms with van der Waals surface area (Å²) in [7, 11) is 0. The summed E-state index contributed by atoms with van der Waals surface area (Å²) in [5, 5.41) is 10.2. The van der Waals surface area contributed by atoms with Crippen molar-refractivity contribution < 1.29 is 18.3 Å². The predicted octanol–water partition coefficient (Wildman–Crippen LogP) is 8.40. The van der Waals surface area contributed by atoms with Crippen LogP contribution in [0.3, 0.4) is 0 Å². The molecule has 4 aliphatic carbocycles. The van der Waals surface area contributed by atoms with Gasteiger partial charge in [0.25, 0.3) is 0 Å². The Bertz CT molecular complexity index is 590. The zero-order chi connectivity index (χ0) is 23.0. The second-order valence-electron chi connectivity index (χ2n) is 11.8. The van der Waals surface area contributed by atoms with Gasteiger partial charge in [0.15, 0.2) is 0 Å². The van der Waals surface area contributed by atoms with E-state index in [0.717, 1.165) is 43.4 Å². The van der Waals surface area contributed by atoms with Crippen LogP contribution >= 0.6 is 0 Å². The Kier molecular flexibility index (Phi) is 7.81. The van der Waals surface area contributed by atoms with Gasteiger partial charge in [0.05, 0.1) is 12.0 Å². The van der Waals surface area contributed by atoms with Gasteiger partial charge in [-0.3, -0.25) is 0 Å². The fourth-order valence-electron chi connectivity index (χ4n) is 8.65. The Hall–Kier alpha value is -0.250. The summed E-state index contributed by atoms with van der Waals surface area (Å²) in [6.45, 7) is 10.3. The normalized spacial score (nSPS) is 45.6. The molecule has 4 rings (SSSR count). The van der Waals surface area contributed by atoms with Crippen LogP contribution in [0.25, 0.3) is 0 Å². The zero-order valence-corrected chi connectivity index (χ0v) is 20.6. The number of alkyl halides is 3. The van der Waals surface area contributed by atoms with Crippen molar-refractivity contribution >= 4 is 0 Å². The van der Waals surface area contributed by atoms with Crippen molar-refractivity contribution in [1.29, 1.82) is 0 Å². The number of hydrogen-bond acceptors (Lipinski definition) is 1. The Balaban J connectivity index is 0.00000132. The molecule has 0 amide bonds. The number of aliphatic hydroxyl groups is 1. The van der Waals surface area contributed by atoms with Crippen LogP contribution < -0.4 is 0 Å². The van der Waals surface area contributed by atoms with Crippen LogP contribution in [0.1, 0.15) is 112 Å². The maximum atomic E-state index is 12.9. The third kappa shape index (κ3) is 4.71. The van der Waals surface area contributed by atoms with Crippen molar-refractivity contribution in [2.75, 3.05) is 0 Å². The van der Waals surface area contributed by atoms with Gasteiger partial charge in [-0.2, -0.15) is 13.2 Å². The summed E-state index contributed by atoms with van der Waals surface area (Å²) in [5.74, 6) is 2.53. The molecule has 182 valence electrons. The summed E-state index contributed by atoms with van der Waals surface area (Å²) < 4.78 is 38.6. The van der Waals surface area contributed by atoms with E-state index in [1.54, 1.807) is 0 Å². The van der Waals surface area contributed by atoms with Crippen LogP contribution in [0.5, 0.6) is 0 Å². The van der Waals surface area contributed by atoms with Crippen molar-refractivity contribution in [3.05, 3.63) is 0 Å². The topological polar surface area (TPSA) is 20.2 Å². The molecular weight excluding hydrogens is 397 g/mol. The van der Waals surface area contributed by atoms with E-state index in [9.17, 15) is 18.3 Å². The van der Waals surface area contributed by atoms with Crippen LogP contribution in [0, 0.1) is 46.3 Å². The Morgan fingerprint density at radius 2 is 1.55 bits per heavy atom.